The number of nitrogens with one attached hydrogen (secondary N) is 2. The number of carbonyl (C=O) groups is 1. The second kappa shape index (κ2) is 6.41. The van der Waals surface area contributed by atoms with E-state index in [-0.39, 0.29) is 22.3 Å². The molecule has 1 amide bonds. The van der Waals surface area contributed by atoms with Crippen molar-refractivity contribution in [1.82, 2.24) is 14.9 Å². The maximum atomic E-state index is 12.8. The molecule has 0 spiro atoms. The van der Waals surface area contributed by atoms with Gasteiger partial charge in [-0.15, -0.1) is 0 Å². The normalized spacial score (nSPS) is 12.1. The molecule has 122 valence electrons. The second-order valence-electron chi connectivity index (χ2n) is 5.67. The smallest absolute Gasteiger partial charge is 0.259 e. The summed E-state index contributed by atoms with van der Waals surface area (Å²) in [4.78, 5) is 31.8. The molecule has 0 aliphatic heterocycles. The van der Waals surface area contributed by atoms with Gasteiger partial charge in [-0.05, 0) is 42.9 Å². The molecule has 0 aliphatic carbocycles. The molecule has 0 bridgehead atoms. The molecule has 1 atom stereocenters. The Bertz CT molecular complexity index is 1010. The number of hydrogen-bond donors (Lipinski definition) is 2. The average Bonchev–Trinajstić information content (AvgIpc) is 2.59. The quantitative estimate of drug-likeness (QED) is 0.719. The van der Waals surface area contributed by atoms with Crippen LogP contribution in [0.15, 0.2) is 53.3 Å². The molecule has 24 heavy (non-hydrogen) atoms. The molecule has 3 aromatic rings. The molecule has 3 rings (SSSR count). The SMILES string of the molecule is C[C@@H](c1ccccc1)N(C)C(=O)c1ccc2c(=O)[nH]c(=S)[nH]c2c1. The van der Waals surface area contributed by atoms with E-state index < -0.39 is 0 Å². The average molecular weight is 339 g/mol. The summed E-state index contributed by atoms with van der Waals surface area (Å²) in [6.07, 6.45) is 0. The summed E-state index contributed by atoms with van der Waals surface area (Å²) in [6.45, 7) is 1.98. The Morgan fingerprint density at radius 1 is 1.12 bits per heavy atom. The molecular weight excluding hydrogens is 322 g/mol. The number of aromatic nitrogens is 2. The highest BCUT2D eigenvalue weighted by Crippen LogP contribution is 2.21. The van der Waals surface area contributed by atoms with Crippen LogP contribution >= 0.6 is 12.2 Å². The number of amides is 1. The number of nitrogens with zero attached hydrogens (tertiary/aromatic N) is 1. The second-order valence-corrected chi connectivity index (χ2v) is 6.08. The van der Waals surface area contributed by atoms with E-state index in [1.165, 1.54) is 0 Å². The topological polar surface area (TPSA) is 69.0 Å². The number of hydrogen-bond acceptors (Lipinski definition) is 3. The highest BCUT2D eigenvalue weighted by atomic mass is 32.1. The van der Waals surface area contributed by atoms with Gasteiger partial charge in [-0.1, -0.05) is 30.3 Å². The molecule has 2 aromatic carbocycles. The molecule has 0 radical (unpaired) electrons. The Morgan fingerprint density at radius 3 is 2.54 bits per heavy atom. The van der Waals surface area contributed by atoms with Gasteiger partial charge in [-0.2, -0.15) is 0 Å². The molecule has 0 aliphatic rings. The van der Waals surface area contributed by atoms with Gasteiger partial charge >= 0.3 is 0 Å². The van der Waals surface area contributed by atoms with Crippen LogP contribution in [0.3, 0.4) is 0 Å². The van der Waals surface area contributed by atoms with Crippen LogP contribution in [0.4, 0.5) is 0 Å². The lowest BCUT2D eigenvalue weighted by Crippen LogP contribution is -2.29. The fraction of sp³-hybridized carbons (Fsp3) is 0.167. The number of H-pyrrole nitrogens is 2. The van der Waals surface area contributed by atoms with Crippen LogP contribution in [0.5, 0.6) is 0 Å². The summed E-state index contributed by atoms with van der Waals surface area (Å²) >= 11 is 4.99. The Balaban J connectivity index is 1.96. The third-order valence-electron chi connectivity index (χ3n) is 4.17. The predicted octanol–water partition coefficient (Wildman–Crippen LogP) is 3.42. The van der Waals surface area contributed by atoms with Crippen molar-refractivity contribution in [2.45, 2.75) is 13.0 Å². The van der Waals surface area contributed by atoms with Crippen molar-refractivity contribution in [1.29, 1.82) is 0 Å². The van der Waals surface area contributed by atoms with E-state index in [4.69, 9.17) is 12.2 Å². The van der Waals surface area contributed by atoms with E-state index in [9.17, 15) is 9.59 Å². The van der Waals surface area contributed by atoms with Gasteiger partial charge in [0.2, 0.25) is 0 Å². The third kappa shape index (κ3) is 3.00. The molecule has 0 fully saturated rings. The first-order valence-corrected chi connectivity index (χ1v) is 7.96. The van der Waals surface area contributed by atoms with Crippen molar-refractivity contribution in [2.24, 2.45) is 0 Å². The number of carbonyl (C=O) groups excluding carboxylic acids is 1. The van der Waals surface area contributed by atoms with E-state index in [0.29, 0.717) is 16.5 Å². The van der Waals surface area contributed by atoms with E-state index in [1.807, 2.05) is 37.3 Å². The fourth-order valence-electron chi connectivity index (χ4n) is 2.64. The minimum atomic E-state index is -0.265. The summed E-state index contributed by atoms with van der Waals surface area (Å²) in [7, 11) is 1.77. The Kier molecular flexibility index (Phi) is 4.31. The van der Waals surface area contributed by atoms with E-state index in [1.54, 1.807) is 30.1 Å². The van der Waals surface area contributed by atoms with Crippen molar-refractivity contribution in [3.05, 3.63) is 74.8 Å². The highest BCUT2D eigenvalue weighted by Gasteiger charge is 2.19. The minimum Gasteiger partial charge on any atom is -0.335 e. The molecule has 2 N–H and O–H groups in total. The van der Waals surface area contributed by atoms with Gasteiger partial charge in [-0.25, -0.2) is 0 Å². The standard InChI is InChI=1S/C18H17N3O2S/c1-11(12-6-4-3-5-7-12)21(2)17(23)13-8-9-14-15(10-13)19-18(24)20-16(14)22/h3-11H,1-2H3,(H2,19,20,22,24)/t11-/m0/s1. The lowest BCUT2D eigenvalue weighted by atomic mass is 10.1. The Hall–Kier alpha value is -2.73. The van der Waals surface area contributed by atoms with E-state index >= 15 is 0 Å². The lowest BCUT2D eigenvalue weighted by molar-refractivity contribution is 0.0743. The highest BCUT2D eigenvalue weighted by molar-refractivity contribution is 7.71. The summed E-state index contributed by atoms with van der Waals surface area (Å²) in [5.74, 6) is -0.118. The molecule has 0 saturated carbocycles. The van der Waals surface area contributed by atoms with E-state index in [0.717, 1.165) is 5.56 Å². The maximum absolute atomic E-state index is 12.8. The first kappa shape index (κ1) is 16.1. The fourth-order valence-corrected chi connectivity index (χ4v) is 2.84. The minimum absolute atomic E-state index is 0.0629. The Morgan fingerprint density at radius 2 is 1.83 bits per heavy atom. The number of aromatic amines is 2. The molecule has 1 aromatic heterocycles. The molecular formula is C18H17N3O2S. The van der Waals surface area contributed by atoms with Crippen LogP contribution in [0.2, 0.25) is 0 Å². The molecule has 0 unspecified atom stereocenters. The van der Waals surface area contributed by atoms with Crippen molar-refractivity contribution >= 4 is 29.0 Å². The van der Waals surface area contributed by atoms with Crippen LogP contribution in [-0.4, -0.2) is 27.8 Å². The number of rotatable bonds is 3. The molecule has 1 heterocycles. The third-order valence-corrected chi connectivity index (χ3v) is 4.37. The van der Waals surface area contributed by atoms with Gasteiger partial charge in [0.05, 0.1) is 16.9 Å². The van der Waals surface area contributed by atoms with Crippen LogP contribution in [-0.2, 0) is 0 Å². The van der Waals surface area contributed by atoms with Crippen molar-refractivity contribution in [3.63, 3.8) is 0 Å². The summed E-state index contributed by atoms with van der Waals surface area (Å²) in [5.41, 5.74) is 1.85. The summed E-state index contributed by atoms with van der Waals surface area (Å²) in [6, 6.07) is 14.7. The van der Waals surface area contributed by atoms with Gasteiger partial charge < -0.3 is 9.88 Å². The van der Waals surface area contributed by atoms with Crippen molar-refractivity contribution in [2.75, 3.05) is 7.05 Å². The summed E-state index contributed by atoms with van der Waals surface area (Å²) in [5, 5.41) is 0.471. The first-order chi connectivity index (χ1) is 11.5. The zero-order valence-corrected chi connectivity index (χ0v) is 14.2. The van der Waals surface area contributed by atoms with Crippen molar-refractivity contribution in [3.8, 4) is 0 Å². The zero-order valence-electron chi connectivity index (χ0n) is 13.4. The largest absolute Gasteiger partial charge is 0.335 e. The Labute approximate surface area is 144 Å². The van der Waals surface area contributed by atoms with Crippen LogP contribution < -0.4 is 5.56 Å². The van der Waals surface area contributed by atoms with Gasteiger partial charge in [0.15, 0.2) is 4.77 Å². The number of fused-ring (bicyclic) bond motifs is 1. The van der Waals surface area contributed by atoms with Crippen LogP contribution in [0, 0.1) is 4.77 Å². The van der Waals surface area contributed by atoms with Gasteiger partial charge in [0.1, 0.15) is 0 Å². The van der Waals surface area contributed by atoms with Crippen LogP contribution in [0.1, 0.15) is 28.9 Å². The molecule has 6 heteroatoms. The monoisotopic (exact) mass is 339 g/mol. The predicted molar refractivity (Wildman–Crippen MR) is 96.7 cm³/mol. The first-order valence-electron chi connectivity index (χ1n) is 7.56. The number of benzene rings is 2. The summed E-state index contributed by atoms with van der Waals surface area (Å²) < 4.78 is 0.239. The van der Waals surface area contributed by atoms with Crippen LogP contribution in [0.25, 0.3) is 10.9 Å². The molecule has 5 nitrogen and oxygen atoms in total. The van der Waals surface area contributed by atoms with Gasteiger partial charge in [0, 0.05) is 12.6 Å². The maximum Gasteiger partial charge on any atom is 0.259 e. The van der Waals surface area contributed by atoms with Crippen molar-refractivity contribution < 1.29 is 4.79 Å². The van der Waals surface area contributed by atoms with E-state index in [2.05, 4.69) is 9.97 Å². The van der Waals surface area contributed by atoms with Gasteiger partial charge in [0.25, 0.3) is 11.5 Å². The van der Waals surface area contributed by atoms with Gasteiger partial charge in [-0.3, -0.25) is 14.6 Å². The zero-order chi connectivity index (χ0) is 17.3. The molecule has 0 saturated heterocycles. The lowest BCUT2D eigenvalue weighted by Gasteiger charge is -2.25.